The van der Waals surface area contributed by atoms with Crippen molar-refractivity contribution in [1.82, 2.24) is 0 Å². The molecule has 1 aliphatic carbocycles. The molecule has 1 rings (SSSR count). The third-order valence-corrected chi connectivity index (χ3v) is 8.75. The van der Waals surface area contributed by atoms with Crippen LogP contribution in [0.2, 0.25) is 18.1 Å². The lowest BCUT2D eigenvalue weighted by Gasteiger charge is -2.38. The van der Waals surface area contributed by atoms with Gasteiger partial charge in [0.05, 0.1) is 5.76 Å². The Morgan fingerprint density at radius 3 is 2.13 bits per heavy atom. The fourth-order valence-electron chi connectivity index (χ4n) is 1.41. The normalized spacial score (nSPS) is 19.3. The summed E-state index contributed by atoms with van der Waals surface area (Å²) >= 11 is 3.65. The smallest absolute Gasteiger partial charge is 0.250 e. The van der Waals surface area contributed by atoms with Crippen LogP contribution in [0.3, 0.4) is 0 Å². The fourth-order valence-corrected chi connectivity index (χ4v) is 3.26. The van der Waals surface area contributed by atoms with E-state index in [0.29, 0.717) is 5.04 Å². The minimum Gasteiger partial charge on any atom is -0.546 e. The summed E-state index contributed by atoms with van der Waals surface area (Å²) in [5.74, 6) is 1.23. The summed E-state index contributed by atoms with van der Waals surface area (Å²) in [5, 5.41) is 0.296. The highest BCUT2D eigenvalue weighted by Gasteiger charge is 2.39. The van der Waals surface area contributed by atoms with E-state index in [1.165, 1.54) is 23.1 Å². The molecular formula is C12H23BrOSi. The molecule has 0 saturated heterocycles. The molecule has 0 atom stereocenters. The second kappa shape index (κ2) is 4.62. The molecule has 0 saturated carbocycles. The third-order valence-electron chi connectivity index (χ3n) is 3.54. The quantitative estimate of drug-likeness (QED) is 0.636. The molecule has 15 heavy (non-hydrogen) atoms. The molecule has 0 aromatic heterocycles. The van der Waals surface area contributed by atoms with Gasteiger partial charge in [-0.2, -0.15) is 0 Å². The Morgan fingerprint density at radius 2 is 1.67 bits per heavy atom. The van der Waals surface area contributed by atoms with Gasteiger partial charge < -0.3 is 4.43 Å². The molecule has 1 aliphatic rings. The van der Waals surface area contributed by atoms with Crippen molar-refractivity contribution in [2.24, 2.45) is 0 Å². The minimum absolute atomic E-state index is 0.296. The summed E-state index contributed by atoms with van der Waals surface area (Å²) in [4.78, 5) is 0. The maximum absolute atomic E-state index is 6.33. The Morgan fingerprint density at radius 1 is 1.13 bits per heavy atom. The van der Waals surface area contributed by atoms with E-state index in [-0.39, 0.29) is 0 Å². The first kappa shape index (κ1) is 13.3. The first-order chi connectivity index (χ1) is 6.74. The molecular weight excluding hydrogens is 268 g/mol. The Balaban J connectivity index is 2.77. The highest BCUT2D eigenvalue weighted by Crippen LogP contribution is 2.41. The van der Waals surface area contributed by atoms with Gasteiger partial charge in [0.1, 0.15) is 0 Å². The molecule has 0 unspecified atom stereocenters. The fraction of sp³-hybridized carbons (Fsp3) is 0.833. The summed E-state index contributed by atoms with van der Waals surface area (Å²) < 4.78 is 7.63. The van der Waals surface area contributed by atoms with E-state index >= 15 is 0 Å². The second-order valence-electron chi connectivity index (χ2n) is 5.90. The first-order valence-electron chi connectivity index (χ1n) is 5.80. The van der Waals surface area contributed by atoms with Crippen molar-refractivity contribution < 1.29 is 4.43 Å². The molecule has 0 amide bonds. The summed E-state index contributed by atoms with van der Waals surface area (Å²) in [6.45, 7) is 11.5. The van der Waals surface area contributed by atoms with Gasteiger partial charge in [0, 0.05) is 10.9 Å². The topological polar surface area (TPSA) is 9.23 Å². The molecule has 0 N–H and O–H groups in total. The lowest BCUT2D eigenvalue weighted by atomic mass is 10.1. The van der Waals surface area contributed by atoms with Gasteiger partial charge in [0.15, 0.2) is 0 Å². The van der Waals surface area contributed by atoms with Crippen LogP contribution < -0.4 is 0 Å². The average Bonchev–Trinajstić information content (AvgIpc) is 2.06. The van der Waals surface area contributed by atoms with Gasteiger partial charge in [-0.3, -0.25) is 0 Å². The van der Waals surface area contributed by atoms with Crippen LogP contribution in [-0.4, -0.2) is 8.32 Å². The molecule has 3 heteroatoms. The van der Waals surface area contributed by atoms with Crippen LogP contribution in [0.15, 0.2) is 10.2 Å². The zero-order valence-electron chi connectivity index (χ0n) is 10.6. The maximum Gasteiger partial charge on any atom is 0.250 e. The molecule has 0 radical (unpaired) electrons. The van der Waals surface area contributed by atoms with Gasteiger partial charge >= 0.3 is 0 Å². The second-order valence-corrected chi connectivity index (χ2v) is 11.6. The van der Waals surface area contributed by atoms with Crippen molar-refractivity contribution in [3.8, 4) is 0 Å². The SMILES string of the molecule is CC(C)(C)[Si](C)(C)OC1=C(Br)CCCC1. The van der Waals surface area contributed by atoms with Crippen molar-refractivity contribution in [2.45, 2.75) is 64.6 Å². The summed E-state index contributed by atoms with van der Waals surface area (Å²) in [5.41, 5.74) is 0. The highest BCUT2D eigenvalue weighted by molar-refractivity contribution is 9.11. The lowest BCUT2D eigenvalue weighted by molar-refractivity contribution is 0.350. The first-order valence-corrected chi connectivity index (χ1v) is 9.51. The molecule has 0 aromatic carbocycles. The monoisotopic (exact) mass is 290 g/mol. The van der Waals surface area contributed by atoms with Crippen molar-refractivity contribution in [2.75, 3.05) is 0 Å². The minimum atomic E-state index is -1.62. The van der Waals surface area contributed by atoms with Crippen LogP contribution in [0.1, 0.15) is 46.5 Å². The van der Waals surface area contributed by atoms with E-state index in [2.05, 4.69) is 49.8 Å². The Hall–Kier alpha value is 0.237. The molecule has 0 heterocycles. The van der Waals surface area contributed by atoms with Crippen LogP contribution in [0, 0.1) is 0 Å². The van der Waals surface area contributed by atoms with Gasteiger partial charge in [-0.15, -0.1) is 0 Å². The van der Waals surface area contributed by atoms with Crippen LogP contribution in [0.25, 0.3) is 0 Å². The van der Waals surface area contributed by atoms with Gasteiger partial charge in [0.2, 0.25) is 8.32 Å². The number of hydrogen-bond donors (Lipinski definition) is 0. The predicted molar refractivity (Wildman–Crippen MR) is 72.7 cm³/mol. The van der Waals surface area contributed by atoms with E-state index in [1.807, 2.05) is 0 Å². The third kappa shape index (κ3) is 3.35. The molecule has 0 bridgehead atoms. The standard InChI is InChI=1S/C12H23BrOSi/c1-12(2,3)15(4,5)14-11-9-7-6-8-10(11)13/h6-9H2,1-5H3. The maximum atomic E-state index is 6.33. The zero-order chi connectivity index (χ0) is 11.7. The number of rotatable bonds is 2. The molecule has 0 fully saturated rings. The average molecular weight is 291 g/mol. The Kier molecular flexibility index (Phi) is 4.10. The van der Waals surface area contributed by atoms with Crippen LogP contribution in [0.5, 0.6) is 0 Å². The predicted octanol–water partition coefficient (Wildman–Crippen LogP) is 5.19. The van der Waals surface area contributed by atoms with Crippen molar-refractivity contribution in [3.63, 3.8) is 0 Å². The van der Waals surface area contributed by atoms with Crippen molar-refractivity contribution in [1.29, 1.82) is 0 Å². The summed E-state index contributed by atoms with van der Waals surface area (Å²) in [7, 11) is -1.62. The Labute approximate surface area is 104 Å². The van der Waals surface area contributed by atoms with E-state index in [9.17, 15) is 0 Å². The van der Waals surface area contributed by atoms with Gasteiger partial charge in [-0.1, -0.05) is 36.7 Å². The molecule has 0 spiro atoms. The summed E-state index contributed by atoms with van der Waals surface area (Å²) in [6.07, 6.45) is 4.85. The molecule has 1 nitrogen and oxygen atoms in total. The summed E-state index contributed by atoms with van der Waals surface area (Å²) in [6, 6.07) is 0. The van der Waals surface area contributed by atoms with Crippen LogP contribution in [0.4, 0.5) is 0 Å². The van der Waals surface area contributed by atoms with E-state index in [4.69, 9.17) is 4.43 Å². The van der Waals surface area contributed by atoms with Crippen LogP contribution >= 0.6 is 15.9 Å². The largest absolute Gasteiger partial charge is 0.546 e. The van der Waals surface area contributed by atoms with E-state index < -0.39 is 8.32 Å². The van der Waals surface area contributed by atoms with Crippen molar-refractivity contribution in [3.05, 3.63) is 10.2 Å². The molecule has 88 valence electrons. The van der Waals surface area contributed by atoms with Gasteiger partial charge in [-0.05, 0) is 37.4 Å². The lowest BCUT2D eigenvalue weighted by Crippen LogP contribution is -2.40. The number of hydrogen-bond acceptors (Lipinski definition) is 1. The zero-order valence-corrected chi connectivity index (χ0v) is 13.2. The van der Waals surface area contributed by atoms with Gasteiger partial charge in [-0.25, -0.2) is 0 Å². The highest BCUT2D eigenvalue weighted by atomic mass is 79.9. The van der Waals surface area contributed by atoms with Crippen LogP contribution in [-0.2, 0) is 4.43 Å². The van der Waals surface area contributed by atoms with E-state index in [1.54, 1.807) is 0 Å². The molecule has 0 aliphatic heterocycles. The van der Waals surface area contributed by atoms with E-state index in [0.717, 1.165) is 12.8 Å². The molecule has 0 aromatic rings. The number of allylic oxidation sites excluding steroid dienone is 2. The van der Waals surface area contributed by atoms with Crippen molar-refractivity contribution >= 4 is 24.2 Å². The van der Waals surface area contributed by atoms with Gasteiger partial charge in [0.25, 0.3) is 0 Å². The number of halogens is 1. The Bertz CT molecular complexity index is 263.